The average Bonchev–Trinajstić information content (AvgIpc) is 2.91. The third-order valence-electron chi connectivity index (χ3n) is 4.54. The zero-order valence-electron chi connectivity index (χ0n) is 15.2. The molecule has 0 saturated carbocycles. The molecule has 0 radical (unpaired) electrons. The van der Waals surface area contributed by atoms with Gasteiger partial charge in [0.05, 0.1) is 24.7 Å². The Morgan fingerprint density at radius 1 is 1.42 bits per heavy atom. The number of aliphatic hydroxyl groups is 1. The number of fused-ring (bicyclic) bond motifs is 1. The molecule has 0 aromatic carbocycles. The van der Waals surface area contributed by atoms with Crippen molar-refractivity contribution >= 4 is 33.3 Å². The summed E-state index contributed by atoms with van der Waals surface area (Å²) in [6.07, 6.45) is 1.23. The first-order chi connectivity index (χ1) is 12.5. The van der Waals surface area contributed by atoms with Gasteiger partial charge < -0.3 is 9.84 Å². The number of nitrogens with zero attached hydrogens (tertiary/aromatic N) is 3. The van der Waals surface area contributed by atoms with Crippen LogP contribution in [0.3, 0.4) is 0 Å². The maximum Gasteiger partial charge on any atom is 0.263 e. The largest absolute Gasteiger partial charge is 0.391 e. The molecule has 0 spiro atoms. The summed E-state index contributed by atoms with van der Waals surface area (Å²) in [4.78, 5) is 21.7. The molecule has 8 heteroatoms. The van der Waals surface area contributed by atoms with Gasteiger partial charge in [-0.2, -0.15) is 0 Å². The van der Waals surface area contributed by atoms with Crippen molar-refractivity contribution in [2.24, 2.45) is 0 Å². The molecule has 1 atom stereocenters. The highest BCUT2D eigenvalue weighted by Crippen LogP contribution is 2.28. The molecule has 2 aromatic heterocycles. The molecule has 26 heavy (non-hydrogen) atoms. The van der Waals surface area contributed by atoms with Crippen LogP contribution in [-0.2, 0) is 11.3 Å². The fourth-order valence-electron chi connectivity index (χ4n) is 3.01. The molecule has 0 bridgehead atoms. The quantitative estimate of drug-likeness (QED) is 0.440. The second-order valence-corrected chi connectivity index (χ2v) is 8.63. The van der Waals surface area contributed by atoms with Crippen LogP contribution in [-0.4, -0.2) is 64.3 Å². The number of allylic oxidation sites excluding steroid dienone is 1. The van der Waals surface area contributed by atoms with Crippen molar-refractivity contribution in [1.82, 2.24) is 14.5 Å². The van der Waals surface area contributed by atoms with Crippen LogP contribution in [0, 0.1) is 13.8 Å². The molecule has 2 aromatic rings. The first-order valence-corrected chi connectivity index (χ1v) is 10.5. The molecular formula is C18H25N3O3S2. The lowest BCUT2D eigenvalue weighted by Gasteiger charge is -2.28. The van der Waals surface area contributed by atoms with Crippen LogP contribution in [0.25, 0.3) is 10.2 Å². The van der Waals surface area contributed by atoms with E-state index in [4.69, 9.17) is 9.72 Å². The summed E-state index contributed by atoms with van der Waals surface area (Å²) in [7, 11) is 0. The molecule has 6 nitrogen and oxygen atoms in total. The monoisotopic (exact) mass is 395 g/mol. The molecule has 3 heterocycles. The SMILES string of the molecule is C=CCn1c(SC[C@H](O)CN2CCOCC2)nc2sc(C)c(C)c2c1=O. The van der Waals surface area contributed by atoms with Crippen LogP contribution in [0.2, 0.25) is 0 Å². The van der Waals surface area contributed by atoms with Gasteiger partial charge in [0.25, 0.3) is 5.56 Å². The first kappa shape index (κ1) is 19.6. The number of hydrogen-bond donors (Lipinski definition) is 1. The highest BCUT2D eigenvalue weighted by Gasteiger charge is 2.19. The van der Waals surface area contributed by atoms with Gasteiger partial charge in [-0.05, 0) is 19.4 Å². The number of aromatic nitrogens is 2. The normalized spacial score (nSPS) is 16.9. The molecule has 1 N–H and O–H groups in total. The Morgan fingerprint density at radius 2 is 2.15 bits per heavy atom. The Kier molecular flexibility index (Phi) is 6.52. The lowest BCUT2D eigenvalue weighted by molar-refractivity contribution is 0.0188. The van der Waals surface area contributed by atoms with Gasteiger partial charge in [-0.1, -0.05) is 17.8 Å². The number of β-amino-alcohol motifs (C(OH)–C–C–N with tert-alkyl or cyclic N) is 1. The lowest BCUT2D eigenvalue weighted by atomic mass is 10.2. The topological polar surface area (TPSA) is 67.6 Å². The van der Waals surface area contributed by atoms with Crippen molar-refractivity contribution in [1.29, 1.82) is 0 Å². The van der Waals surface area contributed by atoms with Gasteiger partial charge in [0.15, 0.2) is 5.16 Å². The van der Waals surface area contributed by atoms with Crippen molar-refractivity contribution in [2.45, 2.75) is 31.7 Å². The van der Waals surface area contributed by atoms with Crippen molar-refractivity contribution in [2.75, 3.05) is 38.6 Å². The first-order valence-electron chi connectivity index (χ1n) is 8.73. The zero-order chi connectivity index (χ0) is 18.7. The average molecular weight is 396 g/mol. The summed E-state index contributed by atoms with van der Waals surface area (Å²) in [5, 5.41) is 11.7. The Morgan fingerprint density at radius 3 is 2.85 bits per heavy atom. The summed E-state index contributed by atoms with van der Waals surface area (Å²) >= 11 is 2.98. The summed E-state index contributed by atoms with van der Waals surface area (Å²) in [6.45, 7) is 11.9. The van der Waals surface area contributed by atoms with Gasteiger partial charge in [0, 0.05) is 36.8 Å². The Labute approximate surface area is 161 Å². The molecule has 0 amide bonds. The molecule has 1 aliphatic heterocycles. The minimum atomic E-state index is -0.477. The molecule has 0 unspecified atom stereocenters. The van der Waals surface area contributed by atoms with Gasteiger partial charge in [-0.25, -0.2) is 4.98 Å². The molecule has 142 valence electrons. The van der Waals surface area contributed by atoms with Crippen LogP contribution in [0.5, 0.6) is 0 Å². The summed E-state index contributed by atoms with van der Waals surface area (Å²) in [6, 6.07) is 0. The Bertz CT molecular complexity index is 840. The van der Waals surface area contributed by atoms with Crippen LogP contribution in [0.1, 0.15) is 10.4 Å². The fourth-order valence-corrected chi connectivity index (χ4v) is 5.01. The van der Waals surface area contributed by atoms with Gasteiger partial charge in [-0.3, -0.25) is 14.3 Å². The molecule has 3 rings (SSSR count). The summed E-state index contributed by atoms with van der Waals surface area (Å²) in [5.41, 5.74) is 0.978. The third-order valence-corrected chi connectivity index (χ3v) is 6.77. The second-order valence-electron chi connectivity index (χ2n) is 6.44. The minimum Gasteiger partial charge on any atom is -0.391 e. The number of morpholine rings is 1. The summed E-state index contributed by atoms with van der Waals surface area (Å²) < 4.78 is 6.99. The molecule has 0 aliphatic carbocycles. The van der Waals surface area contributed by atoms with E-state index >= 15 is 0 Å². The number of thioether (sulfide) groups is 1. The van der Waals surface area contributed by atoms with Gasteiger partial charge in [0.2, 0.25) is 0 Å². The highest BCUT2D eigenvalue weighted by atomic mass is 32.2. The predicted molar refractivity (Wildman–Crippen MR) is 108 cm³/mol. The number of aliphatic hydroxyl groups excluding tert-OH is 1. The van der Waals surface area contributed by atoms with E-state index in [2.05, 4.69) is 11.5 Å². The van der Waals surface area contributed by atoms with E-state index in [0.717, 1.165) is 28.4 Å². The van der Waals surface area contributed by atoms with Crippen molar-refractivity contribution in [3.63, 3.8) is 0 Å². The Balaban J connectivity index is 1.78. The number of thiophene rings is 1. The summed E-state index contributed by atoms with van der Waals surface area (Å²) in [5.74, 6) is 0.496. The van der Waals surface area contributed by atoms with Crippen LogP contribution in [0.15, 0.2) is 22.6 Å². The van der Waals surface area contributed by atoms with Crippen LogP contribution in [0.4, 0.5) is 0 Å². The van der Waals surface area contributed by atoms with Gasteiger partial charge in [0.1, 0.15) is 4.83 Å². The van der Waals surface area contributed by atoms with E-state index in [1.165, 1.54) is 11.8 Å². The van der Waals surface area contributed by atoms with Crippen molar-refractivity contribution in [3.8, 4) is 0 Å². The molecule has 1 aliphatic rings. The van der Waals surface area contributed by atoms with Crippen molar-refractivity contribution in [3.05, 3.63) is 33.4 Å². The minimum absolute atomic E-state index is 0.0260. The lowest BCUT2D eigenvalue weighted by Crippen LogP contribution is -2.41. The number of aryl methyl sites for hydroxylation is 2. The number of rotatable bonds is 7. The Hall–Kier alpha value is -1.19. The van der Waals surface area contributed by atoms with E-state index in [9.17, 15) is 9.90 Å². The van der Waals surface area contributed by atoms with Crippen molar-refractivity contribution < 1.29 is 9.84 Å². The van der Waals surface area contributed by atoms with E-state index in [0.29, 0.717) is 42.6 Å². The van der Waals surface area contributed by atoms with Gasteiger partial charge >= 0.3 is 0 Å². The van der Waals surface area contributed by atoms with E-state index in [-0.39, 0.29) is 5.56 Å². The third kappa shape index (κ3) is 4.20. The number of hydrogen-bond acceptors (Lipinski definition) is 7. The smallest absolute Gasteiger partial charge is 0.263 e. The number of ether oxygens (including phenoxy) is 1. The van der Waals surface area contributed by atoms with E-state index < -0.39 is 6.10 Å². The molecular weight excluding hydrogens is 370 g/mol. The zero-order valence-corrected chi connectivity index (χ0v) is 16.9. The highest BCUT2D eigenvalue weighted by molar-refractivity contribution is 7.99. The van der Waals surface area contributed by atoms with Crippen LogP contribution < -0.4 is 5.56 Å². The predicted octanol–water partition coefficient (Wildman–Crippen LogP) is 2.05. The van der Waals surface area contributed by atoms with E-state index in [1.807, 2.05) is 13.8 Å². The molecule has 1 fully saturated rings. The maximum atomic E-state index is 12.9. The molecule has 1 saturated heterocycles. The van der Waals surface area contributed by atoms with E-state index in [1.54, 1.807) is 22.0 Å². The standard InChI is InChI=1S/C18H25N3O3S2/c1-4-5-21-17(23)15-12(2)13(3)26-16(15)19-18(21)25-11-14(22)10-20-6-8-24-9-7-20/h4,14,22H,1,5-11H2,2-3H3/t14-/m1/s1. The maximum absolute atomic E-state index is 12.9. The fraction of sp³-hybridized carbons (Fsp3) is 0.556. The van der Waals surface area contributed by atoms with Gasteiger partial charge in [-0.15, -0.1) is 17.9 Å². The van der Waals surface area contributed by atoms with Crippen LogP contribution >= 0.6 is 23.1 Å². The second kappa shape index (κ2) is 8.67.